The zero-order valence-corrected chi connectivity index (χ0v) is 11.9. The molecule has 110 valence electrons. The van der Waals surface area contributed by atoms with Crippen LogP contribution in [0.4, 0.5) is 5.69 Å². The molecule has 1 aliphatic heterocycles. The van der Waals surface area contributed by atoms with Crippen LogP contribution < -0.4 is 5.32 Å². The lowest BCUT2D eigenvalue weighted by molar-refractivity contribution is -0.384. The topological polar surface area (TPSA) is 60.1 Å². The fraction of sp³-hybridized carbons (Fsp3) is 0.176. The Labute approximate surface area is 127 Å². The Kier molecular flexibility index (Phi) is 2.94. The number of non-ortho nitro benzene ring substituents is 1. The van der Waals surface area contributed by atoms with Crippen molar-refractivity contribution in [1.82, 2.24) is 9.88 Å². The molecule has 0 fully saturated rings. The van der Waals surface area contributed by atoms with Crippen molar-refractivity contribution >= 4 is 16.6 Å². The summed E-state index contributed by atoms with van der Waals surface area (Å²) in [6.07, 6.45) is 0. The van der Waals surface area contributed by atoms with E-state index in [1.807, 2.05) is 18.2 Å². The molecule has 0 amide bonds. The van der Waals surface area contributed by atoms with E-state index in [1.165, 1.54) is 17.0 Å². The van der Waals surface area contributed by atoms with Gasteiger partial charge in [-0.2, -0.15) is 0 Å². The van der Waals surface area contributed by atoms with Gasteiger partial charge in [0, 0.05) is 36.4 Å². The Hall–Kier alpha value is -2.66. The molecule has 2 heterocycles. The van der Waals surface area contributed by atoms with Gasteiger partial charge in [0.25, 0.3) is 5.69 Å². The minimum absolute atomic E-state index is 0.0129. The summed E-state index contributed by atoms with van der Waals surface area (Å²) in [7, 11) is 0. The van der Waals surface area contributed by atoms with E-state index in [0.717, 1.165) is 24.3 Å². The number of hydrogen-bond acceptors (Lipinski definition) is 3. The molecule has 2 aromatic carbocycles. The van der Waals surface area contributed by atoms with E-state index >= 15 is 0 Å². The molecule has 3 aromatic rings. The van der Waals surface area contributed by atoms with Gasteiger partial charge in [-0.3, -0.25) is 10.1 Å². The Morgan fingerprint density at radius 1 is 1.14 bits per heavy atom. The molecule has 1 atom stereocenters. The quantitative estimate of drug-likeness (QED) is 0.583. The highest BCUT2D eigenvalue weighted by atomic mass is 16.6. The normalized spacial score (nSPS) is 17.4. The van der Waals surface area contributed by atoms with Crippen LogP contribution in [0.1, 0.15) is 17.3 Å². The Balaban J connectivity index is 1.85. The summed E-state index contributed by atoms with van der Waals surface area (Å²) in [5, 5.41) is 15.7. The summed E-state index contributed by atoms with van der Waals surface area (Å²) in [6.45, 7) is 1.76. The molecule has 0 bridgehead atoms. The average molecular weight is 293 g/mol. The second-order valence-electron chi connectivity index (χ2n) is 5.52. The second kappa shape index (κ2) is 4.96. The third kappa shape index (κ3) is 1.98. The molecule has 0 saturated carbocycles. The molecule has 5 heteroatoms. The van der Waals surface area contributed by atoms with Crippen LogP contribution in [0.25, 0.3) is 10.9 Å². The van der Waals surface area contributed by atoms with Crippen molar-refractivity contribution in [3.05, 3.63) is 76.0 Å². The van der Waals surface area contributed by atoms with Gasteiger partial charge < -0.3 is 9.88 Å². The van der Waals surface area contributed by atoms with Crippen molar-refractivity contribution < 1.29 is 4.92 Å². The third-order valence-electron chi connectivity index (χ3n) is 4.24. The molecule has 0 spiro atoms. The highest BCUT2D eigenvalue weighted by molar-refractivity contribution is 5.81. The van der Waals surface area contributed by atoms with E-state index < -0.39 is 0 Å². The number of nitro groups is 1. The molecular formula is C17H15N3O2. The fourth-order valence-corrected chi connectivity index (χ4v) is 3.25. The summed E-state index contributed by atoms with van der Waals surface area (Å²) in [6, 6.07) is 17.3. The van der Waals surface area contributed by atoms with Gasteiger partial charge in [-0.05, 0) is 23.1 Å². The van der Waals surface area contributed by atoms with Crippen LogP contribution >= 0.6 is 0 Å². The Bertz CT molecular complexity index is 869. The van der Waals surface area contributed by atoms with Gasteiger partial charge in [0.05, 0.1) is 11.0 Å². The zero-order valence-electron chi connectivity index (χ0n) is 11.9. The lowest BCUT2D eigenvalue weighted by Crippen LogP contribution is -2.33. The van der Waals surface area contributed by atoms with Crippen molar-refractivity contribution in [2.24, 2.45) is 0 Å². The fourth-order valence-electron chi connectivity index (χ4n) is 3.25. The van der Waals surface area contributed by atoms with Crippen molar-refractivity contribution in [3.63, 3.8) is 0 Å². The van der Waals surface area contributed by atoms with Crippen LogP contribution in [0.3, 0.4) is 0 Å². The number of benzene rings is 2. The number of aromatic nitrogens is 1. The summed E-state index contributed by atoms with van der Waals surface area (Å²) in [4.78, 5) is 10.7. The standard InChI is InChI=1S/C17H15N3O2/c21-20(22)14-6-3-5-13(10-14)17-16-11-12-4-1-2-7-15(12)19(16)9-8-18-17/h1-7,10-11,17-18H,8-9H2. The van der Waals surface area contributed by atoms with Crippen LogP contribution in [-0.4, -0.2) is 16.0 Å². The van der Waals surface area contributed by atoms with Crippen molar-refractivity contribution in [2.75, 3.05) is 6.54 Å². The van der Waals surface area contributed by atoms with Crippen LogP contribution in [0.5, 0.6) is 0 Å². The van der Waals surface area contributed by atoms with Crippen molar-refractivity contribution in [3.8, 4) is 0 Å². The van der Waals surface area contributed by atoms with Gasteiger partial charge in [-0.25, -0.2) is 0 Å². The third-order valence-corrected chi connectivity index (χ3v) is 4.24. The van der Waals surface area contributed by atoms with Gasteiger partial charge in [0.1, 0.15) is 0 Å². The SMILES string of the molecule is O=[N+]([O-])c1cccc(C2NCCn3c2cc2ccccc23)c1. The average Bonchev–Trinajstić information content (AvgIpc) is 2.93. The van der Waals surface area contributed by atoms with Gasteiger partial charge in [0.2, 0.25) is 0 Å². The molecule has 22 heavy (non-hydrogen) atoms. The number of rotatable bonds is 2. The monoisotopic (exact) mass is 293 g/mol. The zero-order chi connectivity index (χ0) is 15.1. The Morgan fingerprint density at radius 2 is 2.00 bits per heavy atom. The molecule has 4 rings (SSSR count). The predicted octanol–water partition coefficient (Wildman–Crippen LogP) is 3.24. The van der Waals surface area contributed by atoms with Crippen LogP contribution in [-0.2, 0) is 6.54 Å². The van der Waals surface area contributed by atoms with E-state index in [2.05, 4.69) is 28.1 Å². The van der Waals surface area contributed by atoms with Crippen molar-refractivity contribution in [1.29, 1.82) is 0 Å². The lowest BCUT2D eigenvalue weighted by atomic mass is 10.0. The summed E-state index contributed by atoms with van der Waals surface area (Å²) < 4.78 is 2.30. The van der Waals surface area contributed by atoms with E-state index in [0.29, 0.717) is 0 Å². The summed E-state index contributed by atoms with van der Waals surface area (Å²) in [5.41, 5.74) is 3.44. The molecule has 0 aliphatic carbocycles. The van der Waals surface area contributed by atoms with Gasteiger partial charge in [-0.15, -0.1) is 0 Å². The highest BCUT2D eigenvalue weighted by Gasteiger charge is 2.24. The maximum absolute atomic E-state index is 11.0. The first-order valence-electron chi connectivity index (χ1n) is 7.30. The number of fused-ring (bicyclic) bond motifs is 3. The maximum Gasteiger partial charge on any atom is 0.269 e. The van der Waals surface area contributed by atoms with Crippen molar-refractivity contribution in [2.45, 2.75) is 12.6 Å². The molecule has 1 aliphatic rings. The number of hydrogen-bond donors (Lipinski definition) is 1. The number of para-hydroxylation sites is 1. The minimum atomic E-state index is -0.345. The number of nitro benzene ring substituents is 1. The molecule has 1 aromatic heterocycles. The van der Waals surface area contributed by atoms with E-state index in [4.69, 9.17) is 0 Å². The van der Waals surface area contributed by atoms with E-state index in [1.54, 1.807) is 12.1 Å². The van der Waals surface area contributed by atoms with E-state index in [9.17, 15) is 10.1 Å². The first-order valence-corrected chi connectivity index (χ1v) is 7.30. The highest BCUT2D eigenvalue weighted by Crippen LogP contribution is 2.32. The summed E-state index contributed by atoms with van der Waals surface area (Å²) >= 11 is 0. The number of nitrogens with zero attached hydrogens (tertiary/aromatic N) is 2. The lowest BCUT2D eigenvalue weighted by Gasteiger charge is -2.27. The Morgan fingerprint density at radius 3 is 2.86 bits per heavy atom. The van der Waals surface area contributed by atoms with Gasteiger partial charge in [0.15, 0.2) is 0 Å². The predicted molar refractivity (Wildman–Crippen MR) is 84.9 cm³/mol. The smallest absolute Gasteiger partial charge is 0.269 e. The molecule has 5 nitrogen and oxygen atoms in total. The first-order chi connectivity index (χ1) is 10.7. The first kappa shape index (κ1) is 13.0. The van der Waals surface area contributed by atoms with Gasteiger partial charge >= 0.3 is 0 Å². The molecule has 1 N–H and O–H groups in total. The minimum Gasteiger partial charge on any atom is -0.341 e. The van der Waals surface area contributed by atoms with Gasteiger partial charge in [-0.1, -0.05) is 30.3 Å². The van der Waals surface area contributed by atoms with Crippen LogP contribution in [0.2, 0.25) is 0 Å². The number of nitrogens with one attached hydrogen (secondary N) is 1. The molecule has 1 unspecified atom stereocenters. The second-order valence-corrected chi connectivity index (χ2v) is 5.52. The molecule has 0 saturated heterocycles. The molecular weight excluding hydrogens is 278 g/mol. The van der Waals surface area contributed by atoms with Crippen LogP contribution in [0.15, 0.2) is 54.6 Å². The van der Waals surface area contributed by atoms with Crippen LogP contribution in [0, 0.1) is 10.1 Å². The molecule has 0 radical (unpaired) electrons. The largest absolute Gasteiger partial charge is 0.341 e. The maximum atomic E-state index is 11.0. The van der Waals surface area contributed by atoms with E-state index in [-0.39, 0.29) is 16.7 Å². The summed E-state index contributed by atoms with van der Waals surface area (Å²) in [5.74, 6) is 0.